The van der Waals surface area contributed by atoms with Crippen LogP contribution in [0.3, 0.4) is 0 Å². The molecule has 1 aromatic heterocycles. The number of esters is 1. The van der Waals surface area contributed by atoms with Crippen molar-refractivity contribution >= 4 is 11.7 Å². The molecule has 0 spiro atoms. The van der Waals surface area contributed by atoms with E-state index >= 15 is 0 Å². The van der Waals surface area contributed by atoms with Gasteiger partial charge in [-0.3, -0.25) is 19.8 Å². The molecule has 0 aliphatic carbocycles. The first-order valence-corrected chi connectivity index (χ1v) is 12.5. The number of hydrogen-bond donors (Lipinski definition) is 1. The number of carbonyl (C=O) groups is 1. The average Bonchev–Trinajstić information content (AvgIpc) is 3.42. The monoisotopic (exact) mass is 501 g/mol. The Labute approximate surface area is 216 Å². The number of aromatic nitrogens is 2. The molecule has 0 amide bonds. The number of non-ortho nitro benzene ring substituents is 1. The quantitative estimate of drug-likeness (QED) is 0.261. The highest BCUT2D eigenvalue weighted by Gasteiger charge is 2.52. The summed E-state index contributed by atoms with van der Waals surface area (Å²) in [6, 6.07) is 16.1. The highest BCUT2D eigenvalue weighted by molar-refractivity contribution is 5.78. The highest BCUT2D eigenvalue weighted by atomic mass is 16.6. The standard InChI is InChI=1S/C28H31N5O4/c1-3-37-27(34)28(15-23-5-4-6-25(13-23)33(35)36)11-12-32(18-24-17-30-19-31-24)20(2)26(28)14-21-7-9-22(16-29)10-8-21/h4-10,13,17,19-20,26H,3,11-12,14-15,18H2,1-2H3,(H,30,31). The second-order valence-corrected chi connectivity index (χ2v) is 9.64. The van der Waals surface area contributed by atoms with E-state index in [-0.39, 0.29) is 30.2 Å². The van der Waals surface area contributed by atoms with Crippen molar-refractivity contribution in [2.75, 3.05) is 13.2 Å². The summed E-state index contributed by atoms with van der Waals surface area (Å²) in [4.78, 5) is 34.5. The number of nitriles is 1. The summed E-state index contributed by atoms with van der Waals surface area (Å²) < 4.78 is 5.68. The number of likely N-dealkylation sites (tertiary alicyclic amines) is 1. The predicted octanol–water partition coefficient (Wildman–Crippen LogP) is 4.43. The van der Waals surface area contributed by atoms with Gasteiger partial charge in [0.05, 0.1) is 34.9 Å². The van der Waals surface area contributed by atoms with Gasteiger partial charge in [0.15, 0.2) is 0 Å². The van der Waals surface area contributed by atoms with Crippen molar-refractivity contribution in [3.8, 4) is 6.07 Å². The summed E-state index contributed by atoms with van der Waals surface area (Å²) in [6.45, 7) is 5.51. The molecule has 192 valence electrons. The molecule has 0 radical (unpaired) electrons. The zero-order valence-electron chi connectivity index (χ0n) is 21.1. The van der Waals surface area contributed by atoms with E-state index in [2.05, 4.69) is 27.9 Å². The molecule has 9 nitrogen and oxygen atoms in total. The lowest BCUT2D eigenvalue weighted by atomic mass is 9.62. The predicted molar refractivity (Wildman–Crippen MR) is 137 cm³/mol. The van der Waals surface area contributed by atoms with Crippen LogP contribution in [0.25, 0.3) is 0 Å². The van der Waals surface area contributed by atoms with Gasteiger partial charge in [0.1, 0.15) is 0 Å². The van der Waals surface area contributed by atoms with Gasteiger partial charge in [-0.05, 0) is 68.8 Å². The smallest absolute Gasteiger partial charge is 0.312 e. The number of nitro benzene ring substituents is 1. The van der Waals surface area contributed by atoms with Gasteiger partial charge in [-0.1, -0.05) is 24.3 Å². The van der Waals surface area contributed by atoms with Crippen LogP contribution in [0.5, 0.6) is 0 Å². The number of ether oxygens (including phenoxy) is 1. The number of H-pyrrole nitrogens is 1. The maximum Gasteiger partial charge on any atom is 0.312 e. The van der Waals surface area contributed by atoms with Crippen LogP contribution >= 0.6 is 0 Å². The maximum absolute atomic E-state index is 13.8. The van der Waals surface area contributed by atoms with Crippen LogP contribution in [0, 0.1) is 32.8 Å². The summed E-state index contributed by atoms with van der Waals surface area (Å²) >= 11 is 0. The normalized spacial score (nSPS) is 21.8. The summed E-state index contributed by atoms with van der Waals surface area (Å²) in [6.07, 6.45) is 4.95. The summed E-state index contributed by atoms with van der Waals surface area (Å²) in [5, 5.41) is 20.7. The van der Waals surface area contributed by atoms with Gasteiger partial charge in [0, 0.05) is 36.6 Å². The number of nitro groups is 1. The van der Waals surface area contributed by atoms with Crippen LogP contribution in [-0.4, -0.2) is 45.0 Å². The van der Waals surface area contributed by atoms with Gasteiger partial charge in [-0.15, -0.1) is 0 Å². The van der Waals surface area contributed by atoms with E-state index in [1.807, 2.05) is 18.2 Å². The molecule has 9 heteroatoms. The number of carbonyl (C=O) groups excluding carboxylic acids is 1. The highest BCUT2D eigenvalue weighted by Crippen LogP contribution is 2.46. The van der Waals surface area contributed by atoms with E-state index in [4.69, 9.17) is 4.74 Å². The van der Waals surface area contributed by atoms with Crippen molar-refractivity contribution < 1.29 is 14.5 Å². The molecule has 1 fully saturated rings. The first kappa shape index (κ1) is 26.0. The van der Waals surface area contributed by atoms with E-state index < -0.39 is 10.3 Å². The summed E-state index contributed by atoms with van der Waals surface area (Å²) in [7, 11) is 0. The molecule has 1 aliphatic heterocycles. The Kier molecular flexibility index (Phi) is 7.99. The van der Waals surface area contributed by atoms with Gasteiger partial charge in [0.25, 0.3) is 5.69 Å². The van der Waals surface area contributed by atoms with Gasteiger partial charge < -0.3 is 9.72 Å². The molecule has 4 rings (SSSR count). The molecular weight excluding hydrogens is 470 g/mol. The second kappa shape index (κ2) is 11.4. The van der Waals surface area contributed by atoms with Crippen molar-refractivity contribution in [3.05, 3.63) is 93.6 Å². The first-order chi connectivity index (χ1) is 17.9. The van der Waals surface area contributed by atoms with Crippen LogP contribution in [0.2, 0.25) is 0 Å². The SMILES string of the molecule is CCOC(=O)C1(Cc2cccc([N+](=O)[O-])c2)CCN(Cc2cnc[nH]2)C(C)C1Cc1ccc(C#N)cc1. The fourth-order valence-electron chi connectivity index (χ4n) is 5.56. The zero-order chi connectivity index (χ0) is 26.4. The molecule has 37 heavy (non-hydrogen) atoms. The topological polar surface area (TPSA) is 125 Å². The Bertz CT molecular complexity index is 1270. The number of nitrogens with zero attached hydrogens (tertiary/aromatic N) is 4. The van der Waals surface area contributed by atoms with Crippen LogP contribution in [0.15, 0.2) is 61.1 Å². The molecule has 1 N–H and O–H groups in total. The van der Waals surface area contributed by atoms with Gasteiger partial charge in [-0.25, -0.2) is 4.98 Å². The molecule has 0 saturated carbocycles. The third-order valence-electron chi connectivity index (χ3n) is 7.50. The fraction of sp³-hybridized carbons (Fsp3) is 0.393. The molecule has 3 unspecified atom stereocenters. The zero-order valence-corrected chi connectivity index (χ0v) is 21.1. The van der Waals surface area contributed by atoms with E-state index in [1.54, 1.807) is 43.7 Å². The minimum Gasteiger partial charge on any atom is -0.466 e. The van der Waals surface area contributed by atoms with Gasteiger partial charge in [-0.2, -0.15) is 5.26 Å². The van der Waals surface area contributed by atoms with Crippen LogP contribution in [-0.2, 0) is 28.9 Å². The van der Waals surface area contributed by atoms with Crippen molar-refractivity contribution in [1.29, 1.82) is 5.26 Å². The molecule has 3 aromatic rings. The number of hydrogen-bond acceptors (Lipinski definition) is 7. The molecular formula is C28H31N5O4. The molecule has 0 bridgehead atoms. The summed E-state index contributed by atoms with van der Waals surface area (Å²) in [5.74, 6) is -0.413. The number of nitrogens with one attached hydrogen (secondary N) is 1. The number of piperidine rings is 1. The van der Waals surface area contributed by atoms with Crippen molar-refractivity contribution in [2.45, 2.75) is 45.7 Å². The van der Waals surface area contributed by atoms with Crippen molar-refractivity contribution in [3.63, 3.8) is 0 Å². The number of rotatable bonds is 9. The third kappa shape index (κ3) is 5.70. The minimum atomic E-state index is -0.872. The fourth-order valence-corrected chi connectivity index (χ4v) is 5.56. The Morgan fingerprint density at radius 2 is 2.08 bits per heavy atom. The number of benzene rings is 2. The Hall–Kier alpha value is -4.03. The van der Waals surface area contributed by atoms with Crippen molar-refractivity contribution in [1.82, 2.24) is 14.9 Å². The van der Waals surface area contributed by atoms with Crippen molar-refractivity contribution in [2.24, 2.45) is 11.3 Å². The van der Waals surface area contributed by atoms with E-state index in [0.717, 1.165) is 16.8 Å². The molecule has 2 aromatic carbocycles. The maximum atomic E-state index is 13.8. The van der Waals surface area contributed by atoms with E-state index in [1.165, 1.54) is 6.07 Å². The average molecular weight is 502 g/mol. The molecule has 1 saturated heterocycles. The minimum absolute atomic E-state index is 0.00389. The molecule has 3 atom stereocenters. The van der Waals surface area contributed by atoms with Crippen LogP contribution in [0.4, 0.5) is 5.69 Å². The second-order valence-electron chi connectivity index (χ2n) is 9.64. The third-order valence-corrected chi connectivity index (χ3v) is 7.50. The molecule has 1 aliphatic rings. The van der Waals surface area contributed by atoms with Crippen LogP contribution < -0.4 is 0 Å². The van der Waals surface area contributed by atoms with Gasteiger partial charge in [0.2, 0.25) is 0 Å². The lowest BCUT2D eigenvalue weighted by Gasteiger charge is -2.50. The lowest BCUT2D eigenvalue weighted by Crippen LogP contribution is -2.57. The Morgan fingerprint density at radius 1 is 1.30 bits per heavy atom. The number of aromatic amines is 1. The Morgan fingerprint density at radius 3 is 2.73 bits per heavy atom. The molecule has 2 heterocycles. The van der Waals surface area contributed by atoms with E-state index in [9.17, 15) is 20.2 Å². The number of imidazole rings is 1. The summed E-state index contributed by atoms with van der Waals surface area (Å²) in [5.41, 5.74) is 2.46. The lowest BCUT2D eigenvalue weighted by molar-refractivity contribution is -0.384. The Balaban J connectivity index is 1.75. The van der Waals surface area contributed by atoms with Gasteiger partial charge >= 0.3 is 5.97 Å². The largest absolute Gasteiger partial charge is 0.466 e. The van der Waals surface area contributed by atoms with Crippen LogP contribution in [0.1, 0.15) is 42.7 Å². The first-order valence-electron chi connectivity index (χ1n) is 12.5. The van der Waals surface area contributed by atoms with E-state index in [0.29, 0.717) is 37.9 Å².